The number of hydrogen-bond donors (Lipinski definition) is 2. The highest BCUT2D eigenvalue weighted by Crippen LogP contribution is 2.32. The number of nitrogens with two attached hydrogens (primary N) is 1. The van der Waals surface area contributed by atoms with E-state index in [1.54, 1.807) is 11.9 Å². The van der Waals surface area contributed by atoms with E-state index in [0.29, 0.717) is 38.9 Å². The number of hydrogen-bond acceptors (Lipinski definition) is 5. The molecular weight excluding hydrogens is 392 g/mol. The summed E-state index contributed by atoms with van der Waals surface area (Å²) >= 11 is 0. The fourth-order valence-electron chi connectivity index (χ4n) is 4.08. The molecule has 2 heterocycles. The first kappa shape index (κ1) is 21.0. The lowest BCUT2D eigenvalue weighted by molar-refractivity contribution is -0.130. The van der Waals surface area contributed by atoms with Crippen LogP contribution in [0.4, 0.5) is 5.69 Å². The van der Waals surface area contributed by atoms with Gasteiger partial charge in [-0.3, -0.25) is 9.59 Å². The van der Waals surface area contributed by atoms with Gasteiger partial charge in [-0.15, -0.1) is 0 Å². The molecule has 160 valence electrons. The molecule has 0 aliphatic carbocycles. The minimum Gasteiger partial charge on any atom is -0.381 e. The van der Waals surface area contributed by atoms with Crippen LogP contribution in [0.1, 0.15) is 24.0 Å². The summed E-state index contributed by atoms with van der Waals surface area (Å²) in [5.41, 5.74) is 10.2. The van der Waals surface area contributed by atoms with E-state index in [0.717, 1.165) is 27.9 Å². The number of nitrogens with one attached hydrogen (secondary N) is 1. The molecule has 1 fully saturated rings. The van der Waals surface area contributed by atoms with Crippen molar-refractivity contribution < 1.29 is 14.3 Å². The van der Waals surface area contributed by atoms with Gasteiger partial charge in [-0.1, -0.05) is 36.4 Å². The maximum Gasteiger partial charge on any atom is 0.241 e. The van der Waals surface area contributed by atoms with Gasteiger partial charge in [0.05, 0.1) is 18.0 Å². The number of ether oxygens (including phenoxy) is 1. The van der Waals surface area contributed by atoms with Crippen LogP contribution in [0.3, 0.4) is 0 Å². The molecule has 2 aromatic rings. The second kappa shape index (κ2) is 8.50. The third-order valence-corrected chi connectivity index (χ3v) is 6.19. The van der Waals surface area contributed by atoms with Crippen molar-refractivity contribution in [3.63, 3.8) is 0 Å². The van der Waals surface area contributed by atoms with E-state index in [-0.39, 0.29) is 11.8 Å². The van der Waals surface area contributed by atoms with Gasteiger partial charge in [0.15, 0.2) is 0 Å². The first-order valence-corrected chi connectivity index (χ1v) is 10.5. The SMILES string of the molecule is CN1C(=O)Cc2ccc(-c3ccc(CC(C#N)NC(=O)C4(N)CCOCC4)cc3)cc21. The van der Waals surface area contributed by atoms with E-state index < -0.39 is 11.6 Å². The molecule has 2 aliphatic rings. The topological polar surface area (TPSA) is 108 Å². The van der Waals surface area contributed by atoms with Gasteiger partial charge in [-0.25, -0.2) is 0 Å². The Bertz CT molecular complexity index is 1040. The maximum absolute atomic E-state index is 12.6. The van der Waals surface area contributed by atoms with E-state index in [4.69, 9.17) is 10.5 Å². The predicted octanol–water partition coefficient (Wildman–Crippen LogP) is 1.93. The highest BCUT2D eigenvalue weighted by atomic mass is 16.5. The van der Waals surface area contributed by atoms with Crippen LogP contribution >= 0.6 is 0 Å². The summed E-state index contributed by atoms with van der Waals surface area (Å²) in [6, 6.07) is 15.5. The molecule has 2 amide bonds. The summed E-state index contributed by atoms with van der Waals surface area (Å²) in [5.74, 6) is -0.192. The van der Waals surface area contributed by atoms with Crippen molar-refractivity contribution in [3.05, 3.63) is 53.6 Å². The lowest BCUT2D eigenvalue weighted by Gasteiger charge is -2.32. The van der Waals surface area contributed by atoms with Crippen LogP contribution in [0.2, 0.25) is 0 Å². The zero-order valence-corrected chi connectivity index (χ0v) is 17.6. The standard InChI is InChI=1S/C24H26N4O3/c1-28-21-13-18(6-7-19(21)14-22(28)29)17-4-2-16(3-5-17)12-20(15-25)27-23(30)24(26)8-10-31-11-9-24/h2-7,13,20H,8-12,14,26H2,1H3,(H,27,30). The van der Waals surface area contributed by atoms with Crippen molar-refractivity contribution in [3.8, 4) is 17.2 Å². The Labute approximate surface area is 181 Å². The third-order valence-electron chi connectivity index (χ3n) is 6.19. The fraction of sp³-hybridized carbons (Fsp3) is 0.375. The number of benzene rings is 2. The van der Waals surface area contributed by atoms with Gasteiger partial charge >= 0.3 is 0 Å². The van der Waals surface area contributed by atoms with Crippen molar-refractivity contribution in [2.24, 2.45) is 5.73 Å². The number of amides is 2. The molecule has 0 saturated carbocycles. The first-order valence-electron chi connectivity index (χ1n) is 10.5. The Morgan fingerprint density at radius 3 is 2.58 bits per heavy atom. The minimum absolute atomic E-state index is 0.104. The molecule has 0 bridgehead atoms. The van der Waals surface area contributed by atoms with E-state index in [1.807, 2.05) is 42.5 Å². The number of rotatable bonds is 5. The summed E-state index contributed by atoms with van der Waals surface area (Å²) in [7, 11) is 1.79. The van der Waals surface area contributed by atoms with Crippen molar-refractivity contribution >= 4 is 17.5 Å². The van der Waals surface area contributed by atoms with Crippen molar-refractivity contribution in [2.75, 3.05) is 25.2 Å². The van der Waals surface area contributed by atoms with Crippen LogP contribution in [0.15, 0.2) is 42.5 Å². The largest absolute Gasteiger partial charge is 0.381 e. The van der Waals surface area contributed by atoms with Crippen molar-refractivity contribution in [1.29, 1.82) is 5.26 Å². The molecule has 7 heteroatoms. The summed E-state index contributed by atoms with van der Waals surface area (Å²) in [6.07, 6.45) is 1.75. The zero-order chi connectivity index (χ0) is 22.0. The predicted molar refractivity (Wildman–Crippen MR) is 117 cm³/mol. The van der Waals surface area contributed by atoms with E-state index >= 15 is 0 Å². The van der Waals surface area contributed by atoms with E-state index in [9.17, 15) is 14.9 Å². The van der Waals surface area contributed by atoms with Gasteiger partial charge in [0.2, 0.25) is 11.8 Å². The number of anilines is 1. The fourth-order valence-corrected chi connectivity index (χ4v) is 4.08. The Morgan fingerprint density at radius 2 is 1.90 bits per heavy atom. The number of nitrogens with zero attached hydrogens (tertiary/aromatic N) is 2. The second-order valence-corrected chi connectivity index (χ2v) is 8.30. The zero-order valence-electron chi connectivity index (χ0n) is 17.6. The smallest absolute Gasteiger partial charge is 0.241 e. The van der Waals surface area contributed by atoms with Crippen molar-refractivity contribution in [2.45, 2.75) is 37.3 Å². The maximum atomic E-state index is 12.6. The summed E-state index contributed by atoms with van der Waals surface area (Å²) in [6.45, 7) is 0.907. The highest BCUT2D eigenvalue weighted by molar-refractivity contribution is 6.01. The molecule has 0 spiro atoms. The lowest BCUT2D eigenvalue weighted by Crippen LogP contribution is -2.58. The molecule has 0 radical (unpaired) electrons. The summed E-state index contributed by atoms with van der Waals surface area (Å²) in [5, 5.41) is 12.3. The molecule has 3 N–H and O–H groups in total. The van der Waals surface area contributed by atoms with Crippen molar-refractivity contribution in [1.82, 2.24) is 5.32 Å². The normalized spacial score (nSPS) is 18.2. The summed E-state index contributed by atoms with van der Waals surface area (Å²) < 4.78 is 5.28. The molecule has 1 saturated heterocycles. The number of nitriles is 1. The Hall–Kier alpha value is -3.21. The Morgan fingerprint density at radius 1 is 1.23 bits per heavy atom. The van der Waals surface area contributed by atoms with Crippen LogP contribution in [-0.2, 0) is 27.2 Å². The monoisotopic (exact) mass is 418 g/mol. The molecule has 2 aromatic carbocycles. The van der Waals surface area contributed by atoms with Gasteiger partial charge in [-0.2, -0.15) is 5.26 Å². The van der Waals surface area contributed by atoms with Crippen LogP contribution in [-0.4, -0.2) is 43.7 Å². The Kier molecular flexibility index (Phi) is 5.77. The van der Waals surface area contributed by atoms with Gasteiger partial charge in [-0.05, 0) is 41.2 Å². The Balaban J connectivity index is 1.43. The molecule has 0 aromatic heterocycles. The number of carbonyl (C=O) groups excluding carboxylic acids is 2. The molecule has 1 unspecified atom stereocenters. The molecule has 1 atom stereocenters. The molecule has 7 nitrogen and oxygen atoms in total. The van der Waals surface area contributed by atoms with E-state index in [1.165, 1.54) is 0 Å². The van der Waals surface area contributed by atoms with Gasteiger partial charge < -0.3 is 20.7 Å². The van der Waals surface area contributed by atoms with Crippen LogP contribution in [0, 0.1) is 11.3 Å². The minimum atomic E-state index is -0.973. The lowest BCUT2D eigenvalue weighted by atomic mass is 9.90. The average molecular weight is 418 g/mol. The van der Waals surface area contributed by atoms with Crippen LogP contribution in [0.25, 0.3) is 11.1 Å². The van der Waals surface area contributed by atoms with Crippen LogP contribution < -0.4 is 16.0 Å². The molecule has 31 heavy (non-hydrogen) atoms. The van der Waals surface area contributed by atoms with Gasteiger partial charge in [0.1, 0.15) is 6.04 Å². The second-order valence-electron chi connectivity index (χ2n) is 8.30. The quantitative estimate of drug-likeness (QED) is 0.771. The third kappa shape index (κ3) is 4.31. The molecule has 2 aliphatic heterocycles. The van der Waals surface area contributed by atoms with E-state index in [2.05, 4.69) is 11.4 Å². The number of likely N-dealkylation sites (N-methyl/N-ethyl adjacent to an activating group) is 1. The highest BCUT2D eigenvalue weighted by Gasteiger charge is 2.36. The van der Waals surface area contributed by atoms with Gasteiger partial charge in [0, 0.05) is 32.4 Å². The molecular formula is C24H26N4O3. The number of fused-ring (bicyclic) bond motifs is 1. The van der Waals surface area contributed by atoms with Crippen LogP contribution in [0.5, 0.6) is 0 Å². The average Bonchev–Trinajstić information content (AvgIpc) is 3.07. The number of carbonyl (C=O) groups is 2. The first-order chi connectivity index (χ1) is 14.9. The molecule has 4 rings (SSSR count). The summed E-state index contributed by atoms with van der Waals surface area (Å²) in [4.78, 5) is 26.2. The van der Waals surface area contributed by atoms with Gasteiger partial charge in [0.25, 0.3) is 0 Å².